The third kappa shape index (κ3) is 3.61. The molecule has 19 heavy (non-hydrogen) atoms. The number of hydrogen-bond acceptors (Lipinski definition) is 4. The number of methoxy groups -OCH3 is 1. The summed E-state index contributed by atoms with van der Waals surface area (Å²) in [5.74, 6) is 0.0366. The van der Waals surface area contributed by atoms with Crippen LogP contribution in [0.25, 0.3) is 0 Å². The second-order valence-corrected chi connectivity index (χ2v) is 4.48. The summed E-state index contributed by atoms with van der Waals surface area (Å²) in [7, 11) is 1.52. The maximum absolute atomic E-state index is 11.9. The maximum Gasteiger partial charge on any atom is 0.253 e. The van der Waals surface area contributed by atoms with Crippen LogP contribution in [-0.2, 0) is 4.79 Å². The van der Waals surface area contributed by atoms with Crippen LogP contribution in [0.3, 0.4) is 0 Å². The number of carbonyl (C=O) groups is 2. The fourth-order valence-electron chi connectivity index (χ4n) is 1.64. The van der Waals surface area contributed by atoms with Crippen molar-refractivity contribution in [1.82, 2.24) is 10.6 Å². The summed E-state index contributed by atoms with van der Waals surface area (Å²) in [4.78, 5) is 23.3. The predicted octanol–water partition coefficient (Wildman–Crippen LogP) is 0.286. The van der Waals surface area contributed by atoms with Gasteiger partial charge in [-0.1, -0.05) is 0 Å². The van der Waals surface area contributed by atoms with Gasteiger partial charge in [0.25, 0.3) is 5.91 Å². The Bertz CT molecular complexity index is 498. The first-order chi connectivity index (χ1) is 9.10. The topological polar surface area (TPSA) is 93.4 Å². The van der Waals surface area contributed by atoms with Crippen LogP contribution in [0.5, 0.6) is 5.75 Å². The van der Waals surface area contributed by atoms with E-state index in [2.05, 4.69) is 10.6 Å². The van der Waals surface area contributed by atoms with E-state index in [-0.39, 0.29) is 24.4 Å². The van der Waals surface area contributed by atoms with Gasteiger partial charge in [0.05, 0.1) is 19.2 Å². The van der Waals surface area contributed by atoms with Crippen LogP contribution in [0, 0.1) is 0 Å². The molecular weight excluding hydrogens is 246 g/mol. The first kappa shape index (κ1) is 13.2. The molecule has 0 saturated heterocycles. The molecule has 0 heterocycles. The second kappa shape index (κ2) is 5.60. The van der Waals surface area contributed by atoms with Crippen molar-refractivity contribution in [2.45, 2.75) is 18.9 Å². The van der Waals surface area contributed by atoms with E-state index < -0.39 is 0 Å². The number of hydrogen-bond donors (Lipinski definition) is 3. The quantitative estimate of drug-likeness (QED) is 0.665. The summed E-state index contributed by atoms with van der Waals surface area (Å²) < 4.78 is 5.00. The monoisotopic (exact) mass is 263 g/mol. The maximum atomic E-state index is 11.9. The first-order valence-corrected chi connectivity index (χ1v) is 6.11. The van der Waals surface area contributed by atoms with Gasteiger partial charge in [-0.15, -0.1) is 0 Å². The number of amides is 2. The fourth-order valence-corrected chi connectivity index (χ4v) is 1.64. The lowest BCUT2D eigenvalue weighted by molar-refractivity contribution is -0.120. The summed E-state index contributed by atoms with van der Waals surface area (Å²) >= 11 is 0. The summed E-state index contributed by atoms with van der Waals surface area (Å²) in [6, 6.07) is 5.08. The Morgan fingerprint density at radius 3 is 2.74 bits per heavy atom. The van der Waals surface area contributed by atoms with Gasteiger partial charge in [0.1, 0.15) is 5.75 Å². The molecule has 102 valence electrons. The molecule has 1 aromatic rings. The number of rotatable bonds is 5. The first-order valence-electron chi connectivity index (χ1n) is 6.11. The SMILES string of the molecule is COc1ccc(C(=O)NCC(=O)NC2CC2)c(N)c1. The zero-order chi connectivity index (χ0) is 13.8. The van der Waals surface area contributed by atoms with Crippen LogP contribution in [0.15, 0.2) is 18.2 Å². The minimum Gasteiger partial charge on any atom is -0.497 e. The molecule has 0 unspecified atom stereocenters. The summed E-state index contributed by atoms with van der Waals surface area (Å²) in [5, 5.41) is 5.33. The number of carbonyl (C=O) groups excluding carboxylic acids is 2. The lowest BCUT2D eigenvalue weighted by Gasteiger charge is -2.09. The van der Waals surface area contributed by atoms with Gasteiger partial charge < -0.3 is 21.1 Å². The molecule has 0 atom stereocenters. The number of nitrogen functional groups attached to an aromatic ring is 1. The van der Waals surface area contributed by atoms with Crippen molar-refractivity contribution in [1.29, 1.82) is 0 Å². The highest BCUT2D eigenvalue weighted by Crippen LogP contribution is 2.19. The van der Waals surface area contributed by atoms with Gasteiger partial charge in [-0.3, -0.25) is 9.59 Å². The van der Waals surface area contributed by atoms with E-state index in [1.165, 1.54) is 7.11 Å². The molecule has 1 aliphatic carbocycles. The molecular formula is C13H17N3O3. The minimum absolute atomic E-state index is 0.0409. The number of nitrogens with one attached hydrogen (secondary N) is 2. The summed E-state index contributed by atoms with van der Waals surface area (Å²) in [5.41, 5.74) is 6.41. The van der Waals surface area contributed by atoms with E-state index in [1.54, 1.807) is 18.2 Å². The van der Waals surface area contributed by atoms with Crippen molar-refractivity contribution >= 4 is 17.5 Å². The van der Waals surface area contributed by atoms with Crippen LogP contribution < -0.4 is 21.1 Å². The highest BCUT2D eigenvalue weighted by Gasteiger charge is 2.23. The Hall–Kier alpha value is -2.24. The molecule has 1 aromatic carbocycles. The Morgan fingerprint density at radius 2 is 2.16 bits per heavy atom. The van der Waals surface area contributed by atoms with E-state index in [1.807, 2.05) is 0 Å². The van der Waals surface area contributed by atoms with Gasteiger partial charge in [-0.2, -0.15) is 0 Å². The largest absolute Gasteiger partial charge is 0.497 e. The van der Waals surface area contributed by atoms with Crippen molar-refractivity contribution in [2.24, 2.45) is 0 Å². The highest BCUT2D eigenvalue weighted by molar-refractivity contribution is 6.00. The van der Waals surface area contributed by atoms with Gasteiger partial charge in [0.15, 0.2) is 0 Å². The Balaban J connectivity index is 1.89. The van der Waals surface area contributed by atoms with Gasteiger partial charge in [0.2, 0.25) is 5.91 Å². The number of benzene rings is 1. The highest BCUT2D eigenvalue weighted by atomic mass is 16.5. The van der Waals surface area contributed by atoms with Crippen molar-refractivity contribution in [3.8, 4) is 5.75 Å². The van der Waals surface area contributed by atoms with E-state index >= 15 is 0 Å². The van der Waals surface area contributed by atoms with Crippen molar-refractivity contribution in [2.75, 3.05) is 19.4 Å². The van der Waals surface area contributed by atoms with Gasteiger partial charge in [-0.25, -0.2) is 0 Å². The van der Waals surface area contributed by atoms with E-state index in [0.29, 0.717) is 17.0 Å². The van der Waals surface area contributed by atoms with E-state index in [9.17, 15) is 9.59 Å². The van der Waals surface area contributed by atoms with Crippen molar-refractivity contribution in [3.05, 3.63) is 23.8 Å². The third-order valence-corrected chi connectivity index (χ3v) is 2.86. The van der Waals surface area contributed by atoms with Crippen molar-refractivity contribution in [3.63, 3.8) is 0 Å². The molecule has 0 bridgehead atoms. The fraction of sp³-hybridized carbons (Fsp3) is 0.385. The molecule has 6 nitrogen and oxygen atoms in total. The minimum atomic E-state index is -0.369. The Morgan fingerprint density at radius 1 is 1.42 bits per heavy atom. The zero-order valence-corrected chi connectivity index (χ0v) is 10.7. The van der Waals surface area contributed by atoms with Gasteiger partial charge >= 0.3 is 0 Å². The molecule has 2 amide bonds. The molecule has 0 aliphatic heterocycles. The molecule has 1 saturated carbocycles. The zero-order valence-electron chi connectivity index (χ0n) is 10.7. The van der Waals surface area contributed by atoms with Gasteiger partial charge in [0, 0.05) is 17.8 Å². The molecule has 4 N–H and O–H groups in total. The van der Waals surface area contributed by atoms with Crippen LogP contribution in [0.4, 0.5) is 5.69 Å². The molecule has 0 spiro atoms. The van der Waals surface area contributed by atoms with E-state index in [4.69, 9.17) is 10.5 Å². The van der Waals surface area contributed by atoms with Crippen LogP contribution >= 0.6 is 0 Å². The normalized spacial score (nSPS) is 13.7. The van der Waals surface area contributed by atoms with Crippen LogP contribution in [0.2, 0.25) is 0 Å². The molecule has 0 radical (unpaired) electrons. The molecule has 1 fully saturated rings. The Kier molecular flexibility index (Phi) is 3.89. The lowest BCUT2D eigenvalue weighted by Crippen LogP contribution is -2.38. The summed E-state index contributed by atoms with van der Waals surface area (Å²) in [6.07, 6.45) is 2.04. The second-order valence-electron chi connectivity index (χ2n) is 4.48. The number of nitrogens with two attached hydrogens (primary N) is 1. The van der Waals surface area contributed by atoms with Crippen LogP contribution in [-0.4, -0.2) is 31.5 Å². The average molecular weight is 263 g/mol. The standard InChI is InChI=1S/C13H17N3O3/c1-19-9-4-5-10(11(14)6-9)13(18)15-7-12(17)16-8-2-3-8/h4-6,8H,2-3,7,14H2,1H3,(H,15,18)(H,16,17). The lowest BCUT2D eigenvalue weighted by atomic mass is 10.1. The van der Waals surface area contributed by atoms with Gasteiger partial charge in [-0.05, 0) is 25.0 Å². The number of ether oxygens (including phenoxy) is 1. The van der Waals surface area contributed by atoms with Crippen molar-refractivity contribution < 1.29 is 14.3 Å². The molecule has 6 heteroatoms. The van der Waals surface area contributed by atoms with Crippen LogP contribution in [0.1, 0.15) is 23.2 Å². The summed E-state index contributed by atoms with van der Waals surface area (Å²) in [6.45, 7) is -0.0409. The third-order valence-electron chi connectivity index (χ3n) is 2.86. The van der Waals surface area contributed by atoms with E-state index in [0.717, 1.165) is 12.8 Å². The molecule has 0 aromatic heterocycles. The predicted molar refractivity (Wildman–Crippen MR) is 70.9 cm³/mol. The molecule has 2 rings (SSSR count). The Labute approximate surface area is 111 Å². The average Bonchev–Trinajstić information content (AvgIpc) is 3.19. The number of anilines is 1. The molecule has 1 aliphatic rings. The smallest absolute Gasteiger partial charge is 0.253 e.